The molecule has 0 saturated heterocycles. The van der Waals surface area contributed by atoms with Gasteiger partial charge in [-0.2, -0.15) is 5.26 Å². The third kappa shape index (κ3) is 5.21. The van der Waals surface area contributed by atoms with Crippen molar-refractivity contribution in [3.05, 3.63) is 181 Å². The predicted octanol–water partition coefficient (Wildman–Crippen LogP) is 13.8. The highest BCUT2D eigenvalue weighted by atomic mass is 32.1. The second-order valence-corrected chi connectivity index (χ2v) is 15.7. The molecule has 274 valence electrons. The number of para-hydroxylation sites is 2. The van der Waals surface area contributed by atoms with Crippen LogP contribution in [0.1, 0.15) is 5.56 Å². The average molecular weight is 772 g/mol. The number of hydrogen-bond acceptors (Lipinski definition) is 6. The third-order valence-corrected chi connectivity index (χ3v) is 12.4. The van der Waals surface area contributed by atoms with E-state index < -0.39 is 0 Å². The van der Waals surface area contributed by atoms with E-state index >= 15 is 0 Å². The van der Waals surface area contributed by atoms with Crippen LogP contribution in [0.5, 0.6) is 0 Å². The first-order valence-corrected chi connectivity index (χ1v) is 20.2. The SMILES string of the molecule is N#Cc1ccc2sc3ccc(-c4cccc5oc6ccc(-n7c8ccccc8c8ccccc87)c(-c7nc(-c8ccccc8)nc(-c8ccccc8)n7)c6c45)cc3c2c1. The molecular formula is C52H29N5OS. The zero-order valence-electron chi connectivity index (χ0n) is 31.3. The molecule has 0 radical (unpaired) electrons. The minimum Gasteiger partial charge on any atom is -0.456 e. The molecule has 0 aliphatic heterocycles. The highest BCUT2D eigenvalue weighted by Gasteiger charge is 2.26. The van der Waals surface area contributed by atoms with Gasteiger partial charge in [0.2, 0.25) is 0 Å². The van der Waals surface area contributed by atoms with Crippen LogP contribution in [0.15, 0.2) is 180 Å². The largest absolute Gasteiger partial charge is 0.456 e. The van der Waals surface area contributed by atoms with Crippen molar-refractivity contribution < 1.29 is 4.42 Å². The molecule has 0 saturated carbocycles. The Morgan fingerprint density at radius 2 is 1.07 bits per heavy atom. The van der Waals surface area contributed by atoms with Gasteiger partial charge in [0.15, 0.2) is 17.5 Å². The number of nitriles is 1. The molecule has 0 aliphatic rings. The summed E-state index contributed by atoms with van der Waals surface area (Å²) in [5, 5.41) is 16.2. The highest BCUT2D eigenvalue weighted by Crippen LogP contribution is 2.46. The maximum Gasteiger partial charge on any atom is 0.166 e. The summed E-state index contributed by atoms with van der Waals surface area (Å²) in [5.74, 6) is 1.71. The molecule has 59 heavy (non-hydrogen) atoms. The quantitative estimate of drug-likeness (QED) is 0.174. The molecule has 12 rings (SSSR count). The van der Waals surface area contributed by atoms with Gasteiger partial charge in [0.1, 0.15) is 11.2 Å². The summed E-state index contributed by atoms with van der Waals surface area (Å²) in [5.41, 5.74) is 9.94. The molecule has 0 fully saturated rings. The summed E-state index contributed by atoms with van der Waals surface area (Å²) in [6, 6.07) is 62.7. The second kappa shape index (κ2) is 13.1. The molecule has 0 atom stereocenters. The van der Waals surface area contributed by atoms with Crippen molar-refractivity contribution in [2.75, 3.05) is 0 Å². The smallest absolute Gasteiger partial charge is 0.166 e. The number of fused-ring (bicyclic) bond motifs is 9. The molecular weight excluding hydrogens is 743 g/mol. The van der Waals surface area contributed by atoms with Crippen molar-refractivity contribution in [1.82, 2.24) is 19.5 Å². The van der Waals surface area contributed by atoms with E-state index in [4.69, 9.17) is 19.4 Å². The van der Waals surface area contributed by atoms with Crippen LogP contribution >= 0.6 is 11.3 Å². The van der Waals surface area contributed by atoms with E-state index in [2.05, 4.69) is 102 Å². The standard InChI is InChI=1S/C52H29N5OS/c53-30-31-22-26-45-38(28-31)39-29-34(23-27-46(39)59-45)35-18-11-21-43-47(35)49-44(58-43)25-24-42(57-40-19-9-7-16-36(40)37-17-8-10-20-41(37)57)48(49)52-55-50(32-12-3-1-4-13-32)54-51(56-52)33-14-5-2-6-15-33/h1-29H. The van der Waals surface area contributed by atoms with E-state index in [9.17, 15) is 5.26 Å². The second-order valence-electron chi connectivity index (χ2n) is 14.7. The number of aromatic nitrogens is 4. The van der Waals surface area contributed by atoms with Gasteiger partial charge in [0, 0.05) is 52.8 Å². The Balaban J connectivity index is 1.23. The maximum absolute atomic E-state index is 9.75. The van der Waals surface area contributed by atoms with Crippen molar-refractivity contribution in [2.45, 2.75) is 0 Å². The molecule has 4 aromatic heterocycles. The monoisotopic (exact) mass is 771 g/mol. The molecule has 7 heteroatoms. The average Bonchev–Trinajstić information content (AvgIpc) is 3.98. The third-order valence-electron chi connectivity index (χ3n) is 11.3. The van der Waals surface area contributed by atoms with Crippen LogP contribution in [0.4, 0.5) is 0 Å². The Bertz CT molecular complexity index is 3580. The van der Waals surface area contributed by atoms with Crippen LogP contribution in [0, 0.1) is 11.3 Å². The Morgan fingerprint density at radius 1 is 0.475 bits per heavy atom. The van der Waals surface area contributed by atoms with Crippen molar-refractivity contribution in [3.8, 4) is 57.0 Å². The zero-order valence-corrected chi connectivity index (χ0v) is 32.1. The summed E-state index contributed by atoms with van der Waals surface area (Å²) < 4.78 is 11.5. The molecule has 0 bridgehead atoms. The van der Waals surface area contributed by atoms with Crippen molar-refractivity contribution >= 4 is 75.3 Å². The van der Waals surface area contributed by atoms with Gasteiger partial charge in [-0.3, -0.25) is 0 Å². The fourth-order valence-electron chi connectivity index (χ4n) is 8.67. The number of furan rings is 1. The topological polar surface area (TPSA) is 80.5 Å². The molecule has 4 heterocycles. The van der Waals surface area contributed by atoms with E-state index in [0.29, 0.717) is 23.0 Å². The fraction of sp³-hybridized carbons (Fsp3) is 0. The number of hydrogen-bond donors (Lipinski definition) is 0. The van der Waals surface area contributed by atoms with Crippen molar-refractivity contribution in [2.24, 2.45) is 0 Å². The number of thiophene rings is 1. The number of rotatable bonds is 5. The van der Waals surface area contributed by atoms with Gasteiger partial charge < -0.3 is 8.98 Å². The molecule has 8 aromatic carbocycles. The molecule has 0 amide bonds. The van der Waals surface area contributed by atoms with Gasteiger partial charge >= 0.3 is 0 Å². The van der Waals surface area contributed by atoms with E-state index in [0.717, 1.165) is 92.7 Å². The van der Waals surface area contributed by atoms with Gasteiger partial charge in [-0.15, -0.1) is 11.3 Å². The number of benzene rings is 8. The summed E-state index contributed by atoms with van der Waals surface area (Å²) in [4.78, 5) is 15.8. The molecule has 6 nitrogen and oxygen atoms in total. The summed E-state index contributed by atoms with van der Waals surface area (Å²) >= 11 is 1.74. The lowest BCUT2D eigenvalue weighted by molar-refractivity contribution is 0.669. The Kier molecular flexibility index (Phi) is 7.36. The lowest BCUT2D eigenvalue weighted by Crippen LogP contribution is -2.04. The van der Waals surface area contributed by atoms with Crippen molar-refractivity contribution in [1.29, 1.82) is 5.26 Å². The van der Waals surface area contributed by atoms with Gasteiger partial charge in [-0.05, 0) is 71.8 Å². The lowest BCUT2D eigenvalue weighted by atomic mass is 9.95. The lowest BCUT2D eigenvalue weighted by Gasteiger charge is -2.16. The van der Waals surface area contributed by atoms with Crippen LogP contribution in [-0.2, 0) is 0 Å². The van der Waals surface area contributed by atoms with E-state index in [1.54, 1.807) is 11.3 Å². The molecule has 0 unspecified atom stereocenters. The fourth-order valence-corrected chi connectivity index (χ4v) is 9.74. The minimum absolute atomic E-state index is 0.543. The molecule has 0 N–H and O–H groups in total. The molecule has 12 aromatic rings. The Labute approximate surface area is 341 Å². The first kappa shape index (κ1) is 33.2. The summed E-state index contributed by atoms with van der Waals surface area (Å²) in [6.07, 6.45) is 0. The van der Waals surface area contributed by atoms with E-state index in [1.807, 2.05) is 84.9 Å². The molecule has 0 spiro atoms. The number of nitrogens with zero attached hydrogens (tertiary/aromatic N) is 5. The molecule has 0 aliphatic carbocycles. The van der Waals surface area contributed by atoms with Crippen LogP contribution in [0.25, 0.3) is 115 Å². The minimum atomic E-state index is 0.543. The van der Waals surface area contributed by atoms with Crippen molar-refractivity contribution in [3.63, 3.8) is 0 Å². The van der Waals surface area contributed by atoms with Crippen LogP contribution in [-0.4, -0.2) is 19.5 Å². The van der Waals surface area contributed by atoms with Gasteiger partial charge in [-0.1, -0.05) is 115 Å². The summed E-state index contributed by atoms with van der Waals surface area (Å²) in [6.45, 7) is 0. The van der Waals surface area contributed by atoms with Gasteiger partial charge in [0.25, 0.3) is 0 Å². The maximum atomic E-state index is 9.75. The highest BCUT2D eigenvalue weighted by molar-refractivity contribution is 7.25. The van der Waals surface area contributed by atoms with E-state index in [-0.39, 0.29) is 0 Å². The Morgan fingerprint density at radius 3 is 1.75 bits per heavy atom. The first-order chi connectivity index (χ1) is 29.2. The van der Waals surface area contributed by atoms with Gasteiger partial charge in [-0.25, -0.2) is 15.0 Å². The summed E-state index contributed by atoms with van der Waals surface area (Å²) in [7, 11) is 0. The van der Waals surface area contributed by atoms with Crippen LogP contribution < -0.4 is 0 Å². The zero-order chi connectivity index (χ0) is 39.0. The van der Waals surface area contributed by atoms with Crippen LogP contribution in [0.3, 0.4) is 0 Å². The normalized spacial score (nSPS) is 11.7. The van der Waals surface area contributed by atoms with E-state index in [1.165, 1.54) is 4.70 Å². The Hall–Kier alpha value is -7.92. The van der Waals surface area contributed by atoms with Gasteiger partial charge in [0.05, 0.1) is 33.9 Å². The van der Waals surface area contributed by atoms with Crippen LogP contribution in [0.2, 0.25) is 0 Å². The predicted molar refractivity (Wildman–Crippen MR) is 241 cm³/mol. The first-order valence-electron chi connectivity index (χ1n) is 19.4.